The van der Waals surface area contributed by atoms with E-state index in [4.69, 9.17) is 0 Å². The lowest BCUT2D eigenvalue weighted by atomic mass is 10.3. The molecule has 0 bridgehead atoms. The van der Waals surface area contributed by atoms with Gasteiger partial charge in [0.15, 0.2) is 5.03 Å². The van der Waals surface area contributed by atoms with Gasteiger partial charge in [-0.05, 0) is 30.1 Å². The SMILES string of the molecule is Cc1nn(C)c(Sc2n[nH]c(Cc3cccs3)n2)c1[N+](=O)[O-]. The molecule has 1 N–H and O–H groups in total. The molecular formula is C12H12N6O2S2. The highest BCUT2D eigenvalue weighted by molar-refractivity contribution is 7.99. The second-order valence-corrected chi connectivity index (χ2v) is 6.53. The van der Waals surface area contributed by atoms with Crippen molar-refractivity contribution in [2.24, 2.45) is 7.05 Å². The Balaban J connectivity index is 1.82. The molecule has 0 aliphatic carbocycles. The van der Waals surface area contributed by atoms with Crippen LogP contribution < -0.4 is 0 Å². The van der Waals surface area contributed by atoms with Gasteiger partial charge in [0.25, 0.3) is 0 Å². The fraction of sp³-hybridized carbons (Fsp3) is 0.250. The number of H-pyrrole nitrogens is 1. The first-order valence-electron chi connectivity index (χ1n) is 6.34. The molecule has 10 heteroatoms. The Labute approximate surface area is 133 Å². The van der Waals surface area contributed by atoms with Gasteiger partial charge in [-0.3, -0.25) is 19.9 Å². The lowest BCUT2D eigenvalue weighted by molar-refractivity contribution is -0.388. The number of aromatic amines is 1. The van der Waals surface area contributed by atoms with Gasteiger partial charge in [0, 0.05) is 18.3 Å². The highest BCUT2D eigenvalue weighted by Crippen LogP contribution is 2.34. The van der Waals surface area contributed by atoms with Crippen LogP contribution in [0.5, 0.6) is 0 Å². The van der Waals surface area contributed by atoms with Crippen molar-refractivity contribution in [1.29, 1.82) is 0 Å². The largest absolute Gasteiger partial charge is 0.324 e. The molecule has 8 nitrogen and oxygen atoms in total. The Morgan fingerprint density at radius 3 is 3.05 bits per heavy atom. The Bertz CT molecular complexity index is 808. The van der Waals surface area contributed by atoms with Gasteiger partial charge in [-0.1, -0.05) is 6.07 Å². The molecule has 0 fully saturated rings. The van der Waals surface area contributed by atoms with Gasteiger partial charge in [0.1, 0.15) is 11.5 Å². The Morgan fingerprint density at radius 1 is 1.55 bits per heavy atom. The molecule has 0 spiro atoms. The monoisotopic (exact) mass is 336 g/mol. The maximum Gasteiger partial charge on any atom is 0.324 e. The third-order valence-electron chi connectivity index (χ3n) is 2.94. The van der Waals surface area contributed by atoms with Gasteiger partial charge in [0.2, 0.25) is 5.16 Å². The first-order valence-corrected chi connectivity index (χ1v) is 8.03. The Hall–Kier alpha value is -2.20. The van der Waals surface area contributed by atoms with Crippen LogP contribution >= 0.6 is 23.1 Å². The first-order chi connectivity index (χ1) is 10.5. The Morgan fingerprint density at radius 2 is 2.36 bits per heavy atom. The smallest absolute Gasteiger partial charge is 0.262 e. The van der Waals surface area contributed by atoms with E-state index >= 15 is 0 Å². The van der Waals surface area contributed by atoms with Crippen molar-refractivity contribution in [2.75, 3.05) is 0 Å². The molecule has 114 valence electrons. The third-order valence-corrected chi connectivity index (χ3v) is 4.84. The summed E-state index contributed by atoms with van der Waals surface area (Å²) in [4.78, 5) is 16.3. The standard InChI is InChI=1S/C12H12N6O2S2/c1-7-10(18(19)20)11(17(2)16-7)22-12-13-9(14-15-12)6-8-4-3-5-21-8/h3-5H,6H2,1-2H3,(H,13,14,15). The van der Waals surface area contributed by atoms with Crippen LogP contribution in [-0.2, 0) is 13.5 Å². The van der Waals surface area contributed by atoms with Crippen LogP contribution in [0, 0.1) is 17.0 Å². The van der Waals surface area contributed by atoms with Gasteiger partial charge in [0.05, 0.1) is 4.92 Å². The highest BCUT2D eigenvalue weighted by Gasteiger charge is 2.26. The van der Waals surface area contributed by atoms with Gasteiger partial charge in [-0.2, -0.15) is 5.10 Å². The average Bonchev–Trinajstić information content (AvgIpc) is 3.14. The van der Waals surface area contributed by atoms with E-state index < -0.39 is 4.92 Å². The van der Waals surface area contributed by atoms with E-state index in [0.29, 0.717) is 22.3 Å². The van der Waals surface area contributed by atoms with E-state index in [0.717, 1.165) is 17.6 Å². The molecule has 3 rings (SSSR count). The number of nitrogens with one attached hydrogen (secondary N) is 1. The molecule has 22 heavy (non-hydrogen) atoms. The van der Waals surface area contributed by atoms with Crippen molar-refractivity contribution in [3.05, 3.63) is 44.0 Å². The van der Waals surface area contributed by atoms with Crippen LogP contribution in [0.1, 0.15) is 16.4 Å². The van der Waals surface area contributed by atoms with Crippen molar-refractivity contribution in [3.63, 3.8) is 0 Å². The van der Waals surface area contributed by atoms with E-state index in [1.807, 2.05) is 17.5 Å². The molecule has 0 unspecified atom stereocenters. The molecular weight excluding hydrogens is 324 g/mol. The molecule has 0 aliphatic rings. The van der Waals surface area contributed by atoms with Crippen LogP contribution in [0.15, 0.2) is 27.7 Å². The summed E-state index contributed by atoms with van der Waals surface area (Å²) >= 11 is 2.78. The second kappa shape index (κ2) is 5.89. The first kappa shape index (κ1) is 14.7. The number of rotatable bonds is 5. The van der Waals surface area contributed by atoms with Crippen molar-refractivity contribution in [3.8, 4) is 0 Å². The molecule has 0 saturated heterocycles. The molecule has 3 aromatic heterocycles. The molecule has 3 aromatic rings. The quantitative estimate of drug-likeness (QED) is 0.567. The number of nitro groups is 1. The van der Waals surface area contributed by atoms with E-state index in [9.17, 15) is 10.1 Å². The minimum absolute atomic E-state index is 0.00268. The summed E-state index contributed by atoms with van der Waals surface area (Å²) in [6, 6.07) is 4.00. The predicted molar refractivity (Wildman–Crippen MR) is 82.2 cm³/mol. The third kappa shape index (κ3) is 2.88. The molecule has 0 amide bonds. The maximum absolute atomic E-state index is 11.2. The topological polar surface area (TPSA) is 103 Å². The summed E-state index contributed by atoms with van der Waals surface area (Å²) in [6.45, 7) is 1.61. The van der Waals surface area contributed by atoms with Crippen molar-refractivity contribution in [2.45, 2.75) is 23.5 Å². The number of hydrogen-bond acceptors (Lipinski definition) is 7. The minimum Gasteiger partial charge on any atom is -0.262 e. The second-order valence-electron chi connectivity index (χ2n) is 4.54. The summed E-state index contributed by atoms with van der Waals surface area (Å²) in [5.74, 6) is 0.728. The predicted octanol–water partition coefficient (Wildman–Crippen LogP) is 2.56. The van der Waals surface area contributed by atoms with Crippen molar-refractivity contribution < 1.29 is 4.92 Å². The number of aryl methyl sites for hydroxylation is 2. The number of thiophene rings is 1. The zero-order valence-electron chi connectivity index (χ0n) is 11.8. The number of hydrogen-bond donors (Lipinski definition) is 1. The van der Waals surface area contributed by atoms with Gasteiger partial charge in [-0.25, -0.2) is 4.98 Å². The van der Waals surface area contributed by atoms with Gasteiger partial charge < -0.3 is 0 Å². The highest BCUT2D eigenvalue weighted by atomic mass is 32.2. The molecule has 0 atom stereocenters. The summed E-state index contributed by atoms with van der Waals surface area (Å²) in [5.41, 5.74) is 0.376. The molecule has 0 saturated carbocycles. The summed E-state index contributed by atoms with van der Waals surface area (Å²) in [5, 5.41) is 25.1. The summed E-state index contributed by atoms with van der Waals surface area (Å²) in [7, 11) is 1.67. The van der Waals surface area contributed by atoms with Crippen molar-refractivity contribution in [1.82, 2.24) is 25.0 Å². The molecule has 0 aromatic carbocycles. The van der Waals surface area contributed by atoms with E-state index in [-0.39, 0.29) is 5.69 Å². The lowest BCUT2D eigenvalue weighted by Gasteiger charge is -1.97. The summed E-state index contributed by atoms with van der Waals surface area (Å²) in [6.07, 6.45) is 0.664. The van der Waals surface area contributed by atoms with Crippen LogP contribution in [-0.4, -0.2) is 29.9 Å². The van der Waals surface area contributed by atoms with Crippen LogP contribution in [0.2, 0.25) is 0 Å². The maximum atomic E-state index is 11.2. The van der Waals surface area contributed by atoms with Gasteiger partial charge in [-0.15, -0.1) is 16.4 Å². The van der Waals surface area contributed by atoms with Gasteiger partial charge >= 0.3 is 5.69 Å². The number of aromatic nitrogens is 5. The van der Waals surface area contributed by atoms with E-state index in [1.165, 1.54) is 9.56 Å². The summed E-state index contributed by atoms with van der Waals surface area (Å²) < 4.78 is 1.48. The average molecular weight is 336 g/mol. The fourth-order valence-electron chi connectivity index (χ4n) is 2.02. The van der Waals surface area contributed by atoms with Crippen LogP contribution in [0.25, 0.3) is 0 Å². The minimum atomic E-state index is -0.427. The zero-order valence-corrected chi connectivity index (χ0v) is 13.4. The normalized spacial score (nSPS) is 11.0. The fourth-order valence-corrected chi connectivity index (χ4v) is 3.64. The number of nitrogens with zero attached hydrogens (tertiary/aromatic N) is 5. The van der Waals surface area contributed by atoms with Crippen LogP contribution in [0.3, 0.4) is 0 Å². The zero-order chi connectivity index (χ0) is 15.7. The van der Waals surface area contributed by atoms with E-state index in [2.05, 4.69) is 20.3 Å². The van der Waals surface area contributed by atoms with E-state index in [1.54, 1.807) is 25.3 Å². The Kier molecular flexibility index (Phi) is 3.94. The molecule has 0 radical (unpaired) electrons. The molecule has 3 heterocycles. The molecule has 0 aliphatic heterocycles. The van der Waals surface area contributed by atoms with Crippen LogP contribution in [0.4, 0.5) is 5.69 Å². The lowest BCUT2D eigenvalue weighted by Crippen LogP contribution is -1.95. The van der Waals surface area contributed by atoms with Crippen molar-refractivity contribution >= 4 is 28.8 Å².